The van der Waals surface area contributed by atoms with Gasteiger partial charge in [0.1, 0.15) is 17.8 Å². The Morgan fingerprint density at radius 3 is 2.52 bits per heavy atom. The Balaban J connectivity index is 2.30. The van der Waals surface area contributed by atoms with Crippen LogP contribution >= 0.6 is 12.0 Å². The van der Waals surface area contributed by atoms with Gasteiger partial charge in [0.05, 0.1) is 5.75 Å². The van der Waals surface area contributed by atoms with Gasteiger partial charge in [-0.25, -0.2) is 13.7 Å². The zero-order valence-corrected chi connectivity index (χ0v) is 13.1. The quantitative estimate of drug-likeness (QED) is 0.449. The van der Waals surface area contributed by atoms with Crippen LogP contribution in [0.25, 0.3) is 0 Å². The number of carbonyl (C=O) groups excluding carboxylic acids is 1. The van der Waals surface area contributed by atoms with Crippen LogP contribution in [0.15, 0.2) is 0 Å². The smallest absolute Gasteiger partial charge is 0.299 e. The van der Waals surface area contributed by atoms with Crippen molar-refractivity contribution in [2.45, 2.75) is 37.7 Å². The highest BCUT2D eigenvalue weighted by Crippen LogP contribution is 2.64. The molecule has 0 aliphatic heterocycles. The fourth-order valence-electron chi connectivity index (χ4n) is 3.62. The van der Waals surface area contributed by atoms with Crippen LogP contribution in [-0.4, -0.2) is 29.8 Å². The predicted octanol–water partition coefficient (Wildman–Crippen LogP) is 2.42. The fraction of sp³-hybridized carbons (Fsp3) is 0.909. The second kappa shape index (κ2) is 5.12. The lowest BCUT2D eigenvalue weighted by molar-refractivity contribution is -0.433. The zero-order valence-electron chi connectivity index (χ0n) is 11.5. The molecule has 2 fully saturated rings. The van der Waals surface area contributed by atoms with Gasteiger partial charge in [0.2, 0.25) is 9.84 Å². The molecule has 0 aromatic heterocycles. The number of Topliss-reactive ketones (excluding diaryl/α,β-unsaturated/α-hetero) is 1. The van der Waals surface area contributed by atoms with Crippen LogP contribution in [-0.2, 0) is 24.0 Å². The number of carbonyl (C=O) groups is 1. The molecular weight excluding hydrogens is 330 g/mol. The third-order valence-electron chi connectivity index (χ3n) is 5.10. The molecule has 0 aromatic rings. The van der Waals surface area contributed by atoms with E-state index in [1.165, 1.54) is 0 Å². The molecule has 0 amide bonds. The molecule has 0 radical (unpaired) electrons. The summed E-state index contributed by atoms with van der Waals surface area (Å²) in [6.07, 6.45) is 1.18. The van der Waals surface area contributed by atoms with Crippen LogP contribution in [0.4, 0.5) is 8.78 Å². The van der Waals surface area contributed by atoms with Gasteiger partial charge in [0.25, 0.3) is 0 Å². The van der Waals surface area contributed by atoms with Gasteiger partial charge in [-0.05, 0) is 24.2 Å². The third-order valence-corrected chi connectivity index (χ3v) is 7.98. The van der Waals surface area contributed by atoms with E-state index in [-0.39, 0.29) is 18.1 Å². The number of sulfone groups is 1. The Kier molecular flexibility index (Phi) is 4.16. The molecule has 2 aliphatic rings. The van der Waals surface area contributed by atoms with Crippen LogP contribution in [0.2, 0.25) is 0 Å². The first-order valence-electron chi connectivity index (χ1n) is 6.29. The van der Waals surface area contributed by atoms with Crippen molar-refractivity contribution in [1.29, 1.82) is 0 Å². The van der Waals surface area contributed by atoms with Crippen molar-refractivity contribution in [2.24, 2.45) is 16.7 Å². The van der Waals surface area contributed by atoms with E-state index < -0.39 is 43.0 Å². The van der Waals surface area contributed by atoms with Crippen molar-refractivity contribution in [3.05, 3.63) is 0 Å². The maximum atomic E-state index is 13.7. The van der Waals surface area contributed by atoms with E-state index >= 15 is 0 Å². The highest BCUT2D eigenvalue weighted by atomic mass is 32.3. The summed E-state index contributed by atoms with van der Waals surface area (Å²) < 4.78 is 50.6. The maximum absolute atomic E-state index is 13.7. The van der Waals surface area contributed by atoms with Crippen LogP contribution in [0.3, 0.4) is 0 Å². The molecule has 2 bridgehead atoms. The topological polar surface area (TPSA) is 89.9 Å². The van der Waals surface area contributed by atoms with E-state index in [2.05, 4.69) is 9.37 Å². The molecule has 0 spiro atoms. The highest BCUT2D eigenvalue weighted by molar-refractivity contribution is 8.11. The van der Waals surface area contributed by atoms with Gasteiger partial charge in [0, 0.05) is 11.8 Å². The Labute approximate surface area is 125 Å². The first-order chi connectivity index (χ1) is 9.50. The summed E-state index contributed by atoms with van der Waals surface area (Å²) in [7, 11) is -4.97. The van der Waals surface area contributed by atoms with E-state index in [1.54, 1.807) is 13.8 Å². The van der Waals surface area contributed by atoms with Crippen LogP contribution in [0.1, 0.15) is 33.1 Å². The lowest BCUT2D eigenvalue weighted by Gasteiger charge is -2.36. The van der Waals surface area contributed by atoms with Crippen molar-refractivity contribution < 1.29 is 36.6 Å². The molecule has 2 unspecified atom stereocenters. The van der Waals surface area contributed by atoms with Crippen molar-refractivity contribution in [3.8, 4) is 0 Å². The van der Waals surface area contributed by atoms with Gasteiger partial charge in [-0.2, -0.15) is 8.78 Å². The SMILES string of the molecule is CC1(C)C2CCC1(CS(=O)(=O)C(F)(F)SOOO)C(=O)C2. The highest BCUT2D eigenvalue weighted by Gasteiger charge is 2.67. The summed E-state index contributed by atoms with van der Waals surface area (Å²) in [6, 6.07) is 0. The van der Waals surface area contributed by atoms with Gasteiger partial charge in [-0.3, -0.25) is 4.79 Å². The van der Waals surface area contributed by atoms with E-state index in [9.17, 15) is 22.0 Å². The van der Waals surface area contributed by atoms with Crippen molar-refractivity contribution in [2.75, 3.05) is 5.75 Å². The van der Waals surface area contributed by atoms with Gasteiger partial charge >= 0.3 is 4.59 Å². The molecule has 21 heavy (non-hydrogen) atoms. The summed E-state index contributed by atoms with van der Waals surface area (Å²) in [5.74, 6) is -1.18. The van der Waals surface area contributed by atoms with Crippen LogP contribution < -0.4 is 0 Å². The average molecular weight is 346 g/mol. The van der Waals surface area contributed by atoms with E-state index in [4.69, 9.17) is 5.26 Å². The number of rotatable bonds is 6. The number of alkyl halides is 2. The first kappa shape index (κ1) is 17.1. The van der Waals surface area contributed by atoms with E-state index in [0.717, 1.165) is 0 Å². The predicted molar refractivity (Wildman–Crippen MR) is 69.7 cm³/mol. The molecule has 0 aromatic carbocycles. The fourth-order valence-corrected chi connectivity index (χ4v) is 5.90. The number of halogens is 2. The van der Waals surface area contributed by atoms with Gasteiger partial charge in [-0.15, -0.1) is 4.33 Å². The molecule has 10 heteroatoms. The molecule has 2 saturated carbocycles. The minimum atomic E-state index is -4.97. The second-order valence-corrected chi connectivity index (χ2v) is 9.22. The monoisotopic (exact) mass is 346 g/mol. The minimum Gasteiger partial charge on any atom is -0.299 e. The summed E-state index contributed by atoms with van der Waals surface area (Å²) in [5.41, 5.74) is -1.91. The molecule has 1 N–H and O–H groups in total. The van der Waals surface area contributed by atoms with E-state index in [0.29, 0.717) is 12.8 Å². The lowest BCUT2D eigenvalue weighted by Crippen LogP contribution is -2.45. The molecule has 6 nitrogen and oxygen atoms in total. The van der Waals surface area contributed by atoms with Crippen LogP contribution in [0, 0.1) is 16.7 Å². The van der Waals surface area contributed by atoms with Gasteiger partial charge in [-0.1, -0.05) is 18.9 Å². The summed E-state index contributed by atoms with van der Waals surface area (Å²) in [5, 5.41) is 10.9. The van der Waals surface area contributed by atoms with Crippen molar-refractivity contribution >= 4 is 27.7 Å². The number of fused-ring (bicyclic) bond motifs is 2. The minimum absolute atomic E-state index is 0.0264. The first-order valence-corrected chi connectivity index (χ1v) is 8.69. The molecule has 2 rings (SSSR count). The lowest BCUT2D eigenvalue weighted by atomic mass is 9.70. The second-order valence-electron chi connectivity index (χ2n) is 6.12. The molecule has 0 saturated heterocycles. The number of hydrogen-bond donors (Lipinski definition) is 1. The van der Waals surface area contributed by atoms with E-state index in [1.807, 2.05) is 0 Å². The average Bonchev–Trinajstić information content (AvgIpc) is 2.69. The number of hydrogen-bond acceptors (Lipinski definition) is 7. The maximum Gasteiger partial charge on any atom is 0.419 e. The molecular formula is C11H16F2O6S2. The Morgan fingerprint density at radius 1 is 1.48 bits per heavy atom. The zero-order chi connectivity index (χ0) is 16.1. The van der Waals surface area contributed by atoms with Crippen molar-refractivity contribution in [1.82, 2.24) is 0 Å². The molecule has 2 atom stereocenters. The third kappa shape index (κ3) is 2.40. The van der Waals surface area contributed by atoms with Crippen LogP contribution in [0.5, 0.6) is 0 Å². The van der Waals surface area contributed by atoms with Gasteiger partial charge in [0.15, 0.2) is 0 Å². The molecule has 2 aliphatic carbocycles. The molecule has 122 valence electrons. The standard InChI is InChI=1S/C11H16F2O6S2/c1-9(2)7-3-4-10(9,8(14)5-7)6-21(16,17)11(12,13)20-19-18-15/h7,15H,3-6H2,1-2H3. The molecule has 0 heterocycles. The number of ketones is 1. The van der Waals surface area contributed by atoms with Gasteiger partial charge < -0.3 is 0 Å². The Bertz CT molecular complexity index is 547. The van der Waals surface area contributed by atoms with Crippen molar-refractivity contribution in [3.63, 3.8) is 0 Å². The summed E-state index contributed by atoms with van der Waals surface area (Å²) >= 11 is -0.812. The Hall–Kier alpha value is -0.290. The largest absolute Gasteiger partial charge is 0.419 e. The Morgan fingerprint density at radius 2 is 2.10 bits per heavy atom. The summed E-state index contributed by atoms with van der Waals surface area (Å²) in [6.45, 7) is 3.51. The summed E-state index contributed by atoms with van der Waals surface area (Å²) in [4.78, 5) is 12.2. The normalized spacial score (nSPS) is 31.9.